The van der Waals surface area contributed by atoms with E-state index in [0.717, 1.165) is 16.0 Å². The van der Waals surface area contributed by atoms with Gasteiger partial charge in [0.2, 0.25) is 17.7 Å². The summed E-state index contributed by atoms with van der Waals surface area (Å²) in [5.74, 6) is -2.85. The number of nitrogens with one attached hydrogen (secondary N) is 2. The number of carbonyl (C=O) groups is 4. The van der Waals surface area contributed by atoms with E-state index in [1.165, 1.54) is 11.1 Å². The first-order valence-electron chi connectivity index (χ1n) is 11.1. The number of benzene rings is 2. The quantitative estimate of drug-likeness (QED) is 0.307. The van der Waals surface area contributed by atoms with Gasteiger partial charge in [-0.3, -0.25) is 19.2 Å². The number of thiophene rings is 1. The minimum Gasteiger partial charge on any atom is -0.481 e. The van der Waals surface area contributed by atoms with E-state index in [2.05, 4.69) is 34.2 Å². The number of primary amides is 1. The summed E-state index contributed by atoms with van der Waals surface area (Å²) in [6, 6.07) is 19.2. The van der Waals surface area contributed by atoms with Crippen LogP contribution in [0, 0.1) is 0 Å². The Kier molecular flexibility index (Phi) is 9.14. The van der Waals surface area contributed by atoms with Crippen molar-refractivity contribution in [1.29, 1.82) is 0 Å². The molecular weight excluding hydrogens is 466 g/mol. The van der Waals surface area contributed by atoms with Gasteiger partial charge in [0, 0.05) is 17.7 Å². The first-order chi connectivity index (χ1) is 16.8. The molecule has 1 aromatic heterocycles. The van der Waals surface area contributed by atoms with Crippen molar-refractivity contribution < 1.29 is 24.3 Å². The highest BCUT2D eigenvalue weighted by molar-refractivity contribution is 7.14. The third-order valence-corrected chi connectivity index (χ3v) is 6.30. The Morgan fingerprint density at radius 2 is 1.63 bits per heavy atom. The molecule has 9 heteroatoms. The Balaban J connectivity index is 1.55. The molecule has 35 heavy (non-hydrogen) atoms. The Morgan fingerprint density at radius 3 is 2.29 bits per heavy atom. The zero-order chi connectivity index (χ0) is 25.2. The summed E-state index contributed by atoms with van der Waals surface area (Å²) >= 11 is 1.67. The normalized spacial score (nSPS) is 11.4. The summed E-state index contributed by atoms with van der Waals surface area (Å²) in [4.78, 5) is 47.5. The van der Waals surface area contributed by atoms with Crippen molar-refractivity contribution in [2.45, 2.75) is 31.7 Å². The fourth-order valence-electron chi connectivity index (χ4n) is 3.46. The fraction of sp³-hybridized carbons (Fsp3) is 0.231. The minimum absolute atomic E-state index is 0.0911. The summed E-state index contributed by atoms with van der Waals surface area (Å²) in [5, 5.41) is 15.9. The predicted molar refractivity (Wildman–Crippen MR) is 135 cm³/mol. The lowest BCUT2D eigenvalue weighted by atomic mass is 10.0. The number of nitrogens with two attached hydrogens (primary N) is 1. The molecule has 0 saturated heterocycles. The predicted octanol–water partition coefficient (Wildman–Crippen LogP) is 2.97. The van der Waals surface area contributed by atoms with Crippen LogP contribution in [-0.2, 0) is 25.6 Å². The molecular formula is C26H27N3O5S. The van der Waals surface area contributed by atoms with E-state index < -0.39 is 23.8 Å². The van der Waals surface area contributed by atoms with Crippen molar-refractivity contribution in [1.82, 2.24) is 10.6 Å². The fourth-order valence-corrected chi connectivity index (χ4v) is 4.39. The molecule has 3 rings (SSSR count). The smallest absolute Gasteiger partial charge is 0.303 e. The number of aliphatic carboxylic acids is 1. The molecule has 1 heterocycles. The molecule has 0 unspecified atom stereocenters. The van der Waals surface area contributed by atoms with E-state index in [-0.39, 0.29) is 31.7 Å². The number of amides is 3. The highest BCUT2D eigenvalue weighted by atomic mass is 32.1. The number of hydrogen-bond donors (Lipinski definition) is 4. The Hall–Kier alpha value is -3.98. The molecule has 0 aliphatic carbocycles. The van der Waals surface area contributed by atoms with Gasteiger partial charge in [0.25, 0.3) is 0 Å². The highest BCUT2D eigenvalue weighted by Gasteiger charge is 2.22. The van der Waals surface area contributed by atoms with Crippen molar-refractivity contribution >= 4 is 35.0 Å². The molecule has 5 N–H and O–H groups in total. The second-order valence-electron chi connectivity index (χ2n) is 8.00. The topological polar surface area (TPSA) is 139 Å². The van der Waals surface area contributed by atoms with Gasteiger partial charge < -0.3 is 21.5 Å². The highest BCUT2D eigenvalue weighted by Crippen LogP contribution is 2.32. The molecule has 0 aliphatic rings. The molecule has 8 nitrogen and oxygen atoms in total. The second kappa shape index (κ2) is 12.5. The average molecular weight is 494 g/mol. The van der Waals surface area contributed by atoms with Crippen molar-refractivity contribution in [3.63, 3.8) is 0 Å². The van der Waals surface area contributed by atoms with E-state index in [4.69, 9.17) is 10.8 Å². The summed E-state index contributed by atoms with van der Waals surface area (Å²) in [6.07, 6.45) is 0.195. The molecule has 1 atom stereocenters. The van der Waals surface area contributed by atoms with Crippen LogP contribution in [0.5, 0.6) is 0 Å². The van der Waals surface area contributed by atoms with Crippen molar-refractivity contribution in [2.24, 2.45) is 5.73 Å². The van der Waals surface area contributed by atoms with E-state index in [1.807, 2.05) is 42.5 Å². The van der Waals surface area contributed by atoms with Crippen LogP contribution < -0.4 is 16.4 Å². The maximum atomic E-state index is 12.4. The Morgan fingerprint density at radius 1 is 0.914 bits per heavy atom. The Bertz CT molecular complexity index is 1180. The van der Waals surface area contributed by atoms with Crippen molar-refractivity contribution in [2.75, 3.05) is 6.54 Å². The SMILES string of the molecule is NC(=O)CNC(=O)[C@H](CCC(=O)O)NC(=O)CCc1ccc(-c2cc(-c3ccccc3)cs2)cc1. The van der Waals surface area contributed by atoms with E-state index >= 15 is 0 Å². The second-order valence-corrected chi connectivity index (χ2v) is 8.91. The first kappa shape index (κ1) is 25.6. The molecule has 0 spiro atoms. The number of carboxylic acids is 1. The maximum absolute atomic E-state index is 12.4. The minimum atomic E-state index is -1.09. The van der Waals surface area contributed by atoms with Crippen molar-refractivity contribution in [3.05, 3.63) is 71.6 Å². The van der Waals surface area contributed by atoms with Gasteiger partial charge in [0.05, 0.1) is 6.54 Å². The van der Waals surface area contributed by atoms with Crippen LogP contribution in [0.4, 0.5) is 0 Å². The maximum Gasteiger partial charge on any atom is 0.303 e. The summed E-state index contributed by atoms with van der Waals surface area (Å²) in [6.45, 7) is -0.387. The largest absolute Gasteiger partial charge is 0.481 e. The molecule has 0 saturated carbocycles. The van der Waals surface area contributed by atoms with Crippen LogP contribution in [0.3, 0.4) is 0 Å². The lowest BCUT2D eigenvalue weighted by molar-refractivity contribution is -0.138. The van der Waals surface area contributed by atoms with Gasteiger partial charge in [-0.25, -0.2) is 0 Å². The number of rotatable bonds is 12. The number of carbonyl (C=O) groups excluding carboxylic acids is 3. The molecule has 3 amide bonds. The van der Waals surface area contributed by atoms with Gasteiger partial charge in [-0.15, -0.1) is 11.3 Å². The molecule has 182 valence electrons. The summed E-state index contributed by atoms with van der Waals surface area (Å²) in [5.41, 5.74) is 9.41. The van der Waals surface area contributed by atoms with Gasteiger partial charge in [0.1, 0.15) is 6.04 Å². The van der Waals surface area contributed by atoms with Crippen LogP contribution in [0.2, 0.25) is 0 Å². The molecule has 0 radical (unpaired) electrons. The number of hydrogen-bond acceptors (Lipinski definition) is 5. The molecule has 0 bridgehead atoms. The third kappa shape index (κ3) is 8.08. The van der Waals surface area contributed by atoms with Crippen LogP contribution in [0.15, 0.2) is 66.0 Å². The monoisotopic (exact) mass is 493 g/mol. The van der Waals surface area contributed by atoms with Gasteiger partial charge in [0.15, 0.2) is 0 Å². The Labute approximate surface area is 207 Å². The van der Waals surface area contributed by atoms with Crippen LogP contribution in [-0.4, -0.2) is 41.4 Å². The van der Waals surface area contributed by atoms with Crippen LogP contribution >= 0.6 is 11.3 Å². The zero-order valence-corrected chi connectivity index (χ0v) is 19.8. The van der Waals surface area contributed by atoms with E-state index in [1.54, 1.807) is 11.3 Å². The summed E-state index contributed by atoms with van der Waals surface area (Å²) in [7, 11) is 0. The van der Waals surface area contributed by atoms with Gasteiger partial charge in [-0.2, -0.15) is 0 Å². The van der Waals surface area contributed by atoms with E-state index in [0.29, 0.717) is 6.42 Å². The number of aryl methyl sites for hydroxylation is 1. The third-order valence-electron chi connectivity index (χ3n) is 5.32. The van der Waals surface area contributed by atoms with Gasteiger partial charge in [-0.1, -0.05) is 54.6 Å². The lowest BCUT2D eigenvalue weighted by Crippen LogP contribution is -2.48. The first-order valence-corrected chi connectivity index (χ1v) is 12.0. The summed E-state index contributed by atoms with van der Waals surface area (Å²) < 4.78 is 0. The molecule has 2 aromatic carbocycles. The van der Waals surface area contributed by atoms with E-state index in [9.17, 15) is 19.2 Å². The van der Waals surface area contributed by atoms with Crippen molar-refractivity contribution in [3.8, 4) is 21.6 Å². The van der Waals surface area contributed by atoms with Crippen LogP contribution in [0.25, 0.3) is 21.6 Å². The average Bonchev–Trinajstić information content (AvgIpc) is 3.35. The number of carboxylic acid groups (broad SMARTS) is 1. The van der Waals surface area contributed by atoms with Crippen LogP contribution in [0.1, 0.15) is 24.8 Å². The standard InChI is InChI=1S/C26H27N3O5S/c27-23(30)15-28-26(34)21(11-13-25(32)33)29-24(31)12-8-17-6-9-19(10-7-17)22-14-20(16-35-22)18-4-2-1-3-5-18/h1-7,9-10,14,16,21H,8,11-13,15H2,(H2,27,30)(H,28,34)(H,29,31)(H,32,33)/t21-/m0/s1. The molecule has 0 fully saturated rings. The zero-order valence-electron chi connectivity index (χ0n) is 19.0. The molecule has 3 aromatic rings. The van der Waals surface area contributed by atoms with Gasteiger partial charge in [-0.05, 0) is 46.5 Å². The lowest BCUT2D eigenvalue weighted by Gasteiger charge is -2.17. The molecule has 0 aliphatic heterocycles. The van der Waals surface area contributed by atoms with Gasteiger partial charge >= 0.3 is 5.97 Å².